The molecule has 0 aromatic heterocycles. The van der Waals surface area contributed by atoms with Crippen molar-refractivity contribution in [3.05, 3.63) is 48.0 Å². The number of hydrogen-bond acceptors (Lipinski definition) is 5. The Kier molecular flexibility index (Phi) is 4.53. The first-order valence-electron chi connectivity index (χ1n) is 11.1. The van der Waals surface area contributed by atoms with Crippen molar-refractivity contribution in [2.75, 3.05) is 5.75 Å². The minimum atomic E-state index is -3.89. The maximum atomic E-state index is 13.2. The zero-order chi connectivity index (χ0) is 23.1. The van der Waals surface area contributed by atoms with Crippen LogP contribution >= 0.6 is 0 Å². The fraction of sp³-hybridized carbons (Fsp3) is 0.500. The van der Waals surface area contributed by atoms with Crippen LogP contribution in [-0.2, 0) is 10.0 Å². The summed E-state index contributed by atoms with van der Waals surface area (Å²) in [6, 6.07) is 10.0. The van der Waals surface area contributed by atoms with Crippen molar-refractivity contribution in [3.8, 4) is 0 Å². The number of benzene rings is 2. The first-order chi connectivity index (χ1) is 15.0. The van der Waals surface area contributed by atoms with E-state index >= 15 is 0 Å². The molecule has 1 spiro atoms. The summed E-state index contributed by atoms with van der Waals surface area (Å²) < 4.78 is 27.0. The summed E-state index contributed by atoms with van der Waals surface area (Å²) in [5, 5.41) is 12.8. The van der Waals surface area contributed by atoms with Gasteiger partial charge in [-0.1, -0.05) is 50.2 Å². The second-order valence-electron chi connectivity index (χ2n) is 10.1. The molecular formula is C24H28N2O5S. The highest BCUT2D eigenvalue weighted by atomic mass is 32.2. The van der Waals surface area contributed by atoms with Gasteiger partial charge in [-0.15, -0.1) is 0 Å². The van der Waals surface area contributed by atoms with E-state index in [0.717, 1.165) is 27.9 Å². The van der Waals surface area contributed by atoms with E-state index in [9.17, 15) is 23.2 Å². The van der Waals surface area contributed by atoms with E-state index < -0.39 is 39.3 Å². The van der Waals surface area contributed by atoms with Gasteiger partial charge < -0.3 is 0 Å². The van der Waals surface area contributed by atoms with E-state index in [1.807, 2.05) is 30.3 Å². The molecule has 2 amide bonds. The van der Waals surface area contributed by atoms with Crippen LogP contribution in [0.4, 0.5) is 4.79 Å². The van der Waals surface area contributed by atoms with Gasteiger partial charge in [-0.2, -0.15) is 5.06 Å². The van der Waals surface area contributed by atoms with Crippen molar-refractivity contribution in [2.24, 2.45) is 16.7 Å². The number of nitrogens with zero attached hydrogens (tertiary/aromatic N) is 2. The smallest absolute Gasteiger partial charge is 0.292 e. The van der Waals surface area contributed by atoms with E-state index in [-0.39, 0.29) is 11.2 Å². The fourth-order valence-electron chi connectivity index (χ4n) is 6.50. The van der Waals surface area contributed by atoms with Crippen molar-refractivity contribution < 1.29 is 23.2 Å². The van der Waals surface area contributed by atoms with Gasteiger partial charge in [-0.25, -0.2) is 17.5 Å². The third-order valence-electron chi connectivity index (χ3n) is 8.58. The van der Waals surface area contributed by atoms with Crippen molar-refractivity contribution >= 4 is 32.6 Å². The number of urea groups is 1. The van der Waals surface area contributed by atoms with Gasteiger partial charge >= 0.3 is 6.03 Å². The zero-order valence-electron chi connectivity index (χ0n) is 18.5. The van der Waals surface area contributed by atoms with Crippen LogP contribution in [0.2, 0.25) is 0 Å². The molecule has 1 heterocycles. The molecule has 2 aliphatic carbocycles. The predicted molar refractivity (Wildman–Crippen MR) is 120 cm³/mol. The monoisotopic (exact) mass is 456 g/mol. The lowest BCUT2D eigenvalue weighted by Gasteiger charge is -2.37. The molecule has 8 heteroatoms. The molecular weight excluding hydrogens is 428 g/mol. The highest BCUT2D eigenvalue weighted by molar-refractivity contribution is 7.90. The highest BCUT2D eigenvalue weighted by Gasteiger charge is 2.72. The topological polar surface area (TPSA) is 95.0 Å². The SMILES string of the molecule is C[C@H](C(=O)c1ccc2ccccc2c1)N(O)C(=O)N1C2CC3CCC2(CS1(=O)=O)C3(C)C. The summed E-state index contributed by atoms with van der Waals surface area (Å²) in [4.78, 5) is 26.3. The third-order valence-corrected chi connectivity index (χ3v) is 10.5. The molecule has 1 saturated heterocycles. The van der Waals surface area contributed by atoms with Gasteiger partial charge in [-0.05, 0) is 54.4 Å². The number of fused-ring (bicyclic) bond motifs is 2. The summed E-state index contributed by atoms with van der Waals surface area (Å²) in [6.45, 7) is 5.60. The maximum Gasteiger partial charge on any atom is 0.358 e. The fourth-order valence-corrected chi connectivity index (χ4v) is 9.00. The standard InChI is InChI=1S/C24H28N2O5S/c1-15(21(27)18-9-8-16-6-4-5-7-17(16)12-18)25(29)22(28)26-20-13-19-10-11-24(20,23(19,2)3)14-32(26,30)31/h4-9,12,15,19-20,29H,10-11,13-14H2,1-3H3/t15-,19?,20?,24?/m1/s1. The van der Waals surface area contributed by atoms with Crippen LogP contribution in [0.1, 0.15) is 50.4 Å². The quantitative estimate of drug-likeness (QED) is 0.427. The van der Waals surface area contributed by atoms with Crippen molar-refractivity contribution in [1.82, 2.24) is 9.37 Å². The lowest BCUT2D eigenvalue weighted by Crippen LogP contribution is -2.52. The molecule has 0 radical (unpaired) electrons. The lowest BCUT2D eigenvalue weighted by molar-refractivity contribution is -0.0730. The van der Waals surface area contributed by atoms with Crippen LogP contribution in [0.5, 0.6) is 0 Å². The molecule has 2 aromatic carbocycles. The first-order valence-corrected chi connectivity index (χ1v) is 12.7. The second-order valence-corrected chi connectivity index (χ2v) is 12.0. The Hall–Kier alpha value is -2.45. The van der Waals surface area contributed by atoms with Crippen LogP contribution in [0, 0.1) is 16.7 Å². The number of rotatable bonds is 3. The molecule has 170 valence electrons. The van der Waals surface area contributed by atoms with Crippen LogP contribution in [-0.4, -0.2) is 52.6 Å². The molecule has 4 atom stereocenters. The number of Topliss-reactive ketones (excluding diaryl/α,β-unsaturated/α-hetero) is 1. The Morgan fingerprint density at radius 2 is 1.84 bits per heavy atom. The van der Waals surface area contributed by atoms with Gasteiger partial charge in [0, 0.05) is 11.0 Å². The molecule has 5 rings (SSSR count). The second kappa shape index (κ2) is 6.78. The van der Waals surface area contributed by atoms with Crippen molar-refractivity contribution in [1.29, 1.82) is 0 Å². The van der Waals surface area contributed by atoms with E-state index in [1.54, 1.807) is 12.1 Å². The van der Waals surface area contributed by atoms with Crippen LogP contribution in [0.3, 0.4) is 0 Å². The molecule has 32 heavy (non-hydrogen) atoms. The Balaban J connectivity index is 1.42. The van der Waals surface area contributed by atoms with E-state index in [0.29, 0.717) is 23.0 Å². The summed E-state index contributed by atoms with van der Waals surface area (Å²) >= 11 is 0. The molecule has 2 aromatic rings. The van der Waals surface area contributed by atoms with Crippen LogP contribution < -0.4 is 0 Å². The largest absolute Gasteiger partial charge is 0.358 e. The summed E-state index contributed by atoms with van der Waals surface area (Å²) in [5.74, 6) is -0.186. The van der Waals surface area contributed by atoms with Crippen molar-refractivity contribution in [2.45, 2.75) is 52.1 Å². The summed E-state index contributed by atoms with van der Waals surface area (Å²) in [6.07, 6.45) is 2.33. The van der Waals surface area contributed by atoms with Gasteiger partial charge in [-0.3, -0.25) is 10.0 Å². The molecule has 2 saturated carbocycles. The highest BCUT2D eigenvalue weighted by Crippen LogP contribution is 2.70. The van der Waals surface area contributed by atoms with E-state index in [4.69, 9.17) is 0 Å². The lowest BCUT2D eigenvalue weighted by atomic mass is 9.69. The Labute approximate surface area is 188 Å². The maximum absolute atomic E-state index is 13.2. The van der Waals surface area contributed by atoms with Gasteiger partial charge in [0.1, 0.15) is 6.04 Å². The Morgan fingerprint density at radius 3 is 2.53 bits per heavy atom. The number of amides is 2. The number of sulfonamides is 1. The van der Waals surface area contributed by atoms with Crippen LogP contribution in [0.15, 0.2) is 42.5 Å². The predicted octanol–water partition coefficient (Wildman–Crippen LogP) is 4.06. The number of ketones is 1. The molecule has 2 bridgehead atoms. The minimum absolute atomic E-state index is 0.0826. The van der Waals surface area contributed by atoms with Gasteiger partial charge in [0.15, 0.2) is 5.78 Å². The molecule has 3 fully saturated rings. The number of hydrogen-bond donors (Lipinski definition) is 1. The van der Waals surface area contributed by atoms with Gasteiger partial charge in [0.05, 0.1) is 11.8 Å². The average molecular weight is 457 g/mol. The molecule has 7 nitrogen and oxygen atoms in total. The zero-order valence-corrected chi connectivity index (χ0v) is 19.3. The Morgan fingerprint density at radius 1 is 1.16 bits per heavy atom. The molecule has 1 aliphatic heterocycles. The summed E-state index contributed by atoms with van der Waals surface area (Å²) in [5.41, 5.74) is -0.324. The Bertz CT molecular complexity index is 1240. The van der Waals surface area contributed by atoms with Gasteiger partial charge in [0.25, 0.3) is 0 Å². The number of carbonyl (C=O) groups excluding carboxylic acids is 2. The normalized spacial score (nSPS) is 30.3. The summed E-state index contributed by atoms with van der Waals surface area (Å²) in [7, 11) is -3.89. The van der Waals surface area contributed by atoms with Crippen molar-refractivity contribution in [3.63, 3.8) is 0 Å². The molecule has 3 unspecified atom stereocenters. The van der Waals surface area contributed by atoms with Gasteiger partial charge in [0.2, 0.25) is 10.0 Å². The molecule has 1 N–H and O–H groups in total. The van der Waals surface area contributed by atoms with E-state index in [1.165, 1.54) is 6.92 Å². The number of carbonyl (C=O) groups is 2. The first kappa shape index (κ1) is 21.4. The minimum Gasteiger partial charge on any atom is -0.292 e. The number of hydroxylamine groups is 2. The van der Waals surface area contributed by atoms with E-state index in [2.05, 4.69) is 13.8 Å². The average Bonchev–Trinajstić information content (AvgIpc) is 3.24. The van der Waals surface area contributed by atoms with Crippen LogP contribution in [0.25, 0.3) is 10.8 Å². The third kappa shape index (κ3) is 2.72. The molecule has 3 aliphatic rings.